The summed E-state index contributed by atoms with van der Waals surface area (Å²) < 4.78 is 0. The molecule has 0 heterocycles. The summed E-state index contributed by atoms with van der Waals surface area (Å²) in [7, 11) is 1.73. The lowest BCUT2D eigenvalue weighted by molar-refractivity contribution is -0.141. The van der Waals surface area contributed by atoms with Crippen molar-refractivity contribution in [2.45, 2.75) is 46.6 Å². The number of nitrogens with zero attached hydrogens (tertiary/aromatic N) is 1. The van der Waals surface area contributed by atoms with Crippen LogP contribution in [0.5, 0.6) is 0 Å². The van der Waals surface area contributed by atoms with Crippen molar-refractivity contribution in [3.63, 3.8) is 0 Å². The van der Waals surface area contributed by atoms with Crippen molar-refractivity contribution in [3.05, 3.63) is 0 Å². The summed E-state index contributed by atoms with van der Waals surface area (Å²) in [5.74, 6) is 0.0853. The van der Waals surface area contributed by atoms with Gasteiger partial charge in [-0.3, -0.25) is 4.79 Å². The van der Waals surface area contributed by atoms with Gasteiger partial charge in [0, 0.05) is 19.0 Å². The maximum atomic E-state index is 11.9. The summed E-state index contributed by atoms with van der Waals surface area (Å²) in [5, 5.41) is 9.58. The Balaban J connectivity index is 4.41. The van der Waals surface area contributed by atoms with Crippen LogP contribution in [0.4, 0.5) is 0 Å². The van der Waals surface area contributed by atoms with Gasteiger partial charge in [0.25, 0.3) is 0 Å². The smallest absolute Gasteiger partial charge is 0.228 e. The van der Waals surface area contributed by atoms with Crippen molar-refractivity contribution in [2.75, 3.05) is 13.6 Å². The second kappa shape index (κ2) is 4.30. The highest BCUT2D eigenvalue weighted by Crippen LogP contribution is 2.23. The fourth-order valence-electron chi connectivity index (χ4n) is 1.32. The van der Waals surface area contributed by atoms with Gasteiger partial charge in [0.05, 0.1) is 5.60 Å². The minimum atomic E-state index is -0.825. The largest absolute Gasteiger partial charge is 0.389 e. The number of amides is 1. The van der Waals surface area contributed by atoms with Crippen LogP contribution in [0.3, 0.4) is 0 Å². The first-order valence-corrected chi connectivity index (χ1v) is 5.08. The zero-order valence-corrected chi connectivity index (χ0v) is 10.2. The van der Waals surface area contributed by atoms with Gasteiger partial charge in [0.2, 0.25) is 5.91 Å². The molecule has 0 saturated carbocycles. The molecule has 0 saturated heterocycles. The Kier molecular flexibility index (Phi) is 4.13. The van der Waals surface area contributed by atoms with Crippen molar-refractivity contribution in [2.24, 2.45) is 5.41 Å². The van der Waals surface area contributed by atoms with Crippen LogP contribution >= 0.6 is 0 Å². The molecule has 0 bridgehead atoms. The van der Waals surface area contributed by atoms with Crippen molar-refractivity contribution in [3.8, 4) is 0 Å². The molecule has 0 spiro atoms. The van der Waals surface area contributed by atoms with Gasteiger partial charge in [0.1, 0.15) is 0 Å². The van der Waals surface area contributed by atoms with E-state index in [1.54, 1.807) is 25.8 Å². The summed E-state index contributed by atoms with van der Waals surface area (Å²) in [6.45, 7) is 9.63. The van der Waals surface area contributed by atoms with Crippen LogP contribution < -0.4 is 0 Å². The highest BCUT2D eigenvalue weighted by molar-refractivity contribution is 5.81. The minimum Gasteiger partial charge on any atom is -0.389 e. The Morgan fingerprint density at radius 2 is 1.71 bits per heavy atom. The Morgan fingerprint density at radius 1 is 1.29 bits per heavy atom. The minimum absolute atomic E-state index is 0.0853. The average molecular weight is 201 g/mol. The van der Waals surface area contributed by atoms with Crippen molar-refractivity contribution in [1.29, 1.82) is 0 Å². The molecule has 0 aromatic heterocycles. The molecular weight excluding hydrogens is 178 g/mol. The number of aliphatic hydroxyl groups is 1. The van der Waals surface area contributed by atoms with Gasteiger partial charge in [-0.15, -0.1) is 0 Å². The van der Waals surface area contributed by atoms with E-state index in [0.29, 0.717) is 6.54 Å². The summed E-state index contributed by atoms with van der Waals surface area (Å²) in [6.07, 6.45) is 0.808. The number of carbonyl (C=O) groups is 1. The van der Waals surface area contributed by atoms with E-state index in [9.17, 15) is 9.90 Å². The molecular formula is C11H23NO2. The lowest BCUT2D eigenvalue weighted by Gasteiger charge is -2.32. The predicted octanol–water partition coefficient (Wildman–Crippen LogP) is 1.65. The molecule has 0 atom stereocenters. The molecule has 0 fully saturated rings. The van der Waals surface area contributed by atoms with Crippen LogP contribution in [0.1, 0.15) is 41.0 Å². The molecule has 3 heteroatoms. The monoisotopic (exact) mass is 201 g/mol. The van der Waals surface area contributed by atoms with Crippen LogP contribution in [0.25, 0.3) is 0 Å². The van der Waals surface area contributed by atoms with Gasteiger partial charge >= 0.3 is 0 Å². The fourth-order valence-corrected chi connectivity index (χ4v) is 1.32. The quantitative estimate of drug-likeness (QED) is 0.751. The van der Waals surface area contributed by atoms with E-state index in [1.807, 2.05) is 20.8 Å². The summed E-state index contributed by atoms with van der Waals surface area (Å²) >= 11 is 0. The molecule has 0 aliphatic carbocycles. The molecule has 84 valence electrons. The second-order valence-corrected chi connectivity index (χ2v) is 5.21. The molecule has 0 aliphatic rings. The van der Waals surface area contributed by atoms with Gasteiger partial charge in [-0.25, -0.2) is 0 Å². The number of carbonyl (C=O) groups excluding carboxylic acids is 1. The molecule has 3 nitrogen and oxygen atoms in total. The summed E-state index contributed by atoms with van der Waals surface area (Å²) in [5.41, 5.74) is -1.16. The Bertz CT molecular complexity index is 204. The standard InChI is InChI=1S/C11H23NO2/c1-7-10(2,3)9(13)12(6)8-11(4,5)14/h14H,7-8H2,1-6H3. The van der Waals surface area contributed by atoms with Crippen molar-refractivity contribution >= 4 is 5.91 Å². The van der Waals surface area contributed by atoms with E-state index >= 15 is 0 Å². The van der Waals surface area contributed by atoms with Gasteiger partial charge < -0.3 is 10.0 Å². The third-order valence-corrected chi connectivity index (χ3v) is 2.43. The van der Waals surface area contributed by atoms with Gasteiger partial charge in [0.15, 0.2) is 0 Å². The maximum Gasteiger partial charge on any atom is 0.228 e. The maximum absolute atomic E-state index is 11.9. The number of likely N-dealkylation sites (N-methyl/N-ethyl adjacent to an activating group) is 1. The summed E-state index contributed by atoms with van der Waals surface area (Å²) in [4.78, 5) is 13.5. The predicted molar refractivity (Wildman–Crippen MR) is 58.0 cm³/mol. The van der Waals surface area contributed by atoms with Gasteiger partial charge in [-0.05, 0) is 20.3 Å². The van der Waals surface area contributed by atoms with Crippen LogP contribution in [0, 0.1) is 5.41 Å². The van der Waals surface area contributed by atoms with Gasteiger partial charge in [-0.1, -0.05) is 20.8 Å². The lowest BCUT2D eigenvalue weighted by atomic mass is 9.88. The molecule has 14 heavy (non-hydrogen) atoms. The van der Waals surface area contributed by atoms with Crippen LogP contribution in [-0.2, 0) is 4.79 Å². The van der Waals surface area contributed by atoms with Crippen molar-refractivity contribution in [1.82, 2.24) is 4.90 Å². The zero-order valence-electron chi connectivity index (χ0n) is 10.2. The van der Waals surface area contributed by atoms with Crippen LogP contribution in [0.2, 0.25) is 0 Å². The van der Waals surface area contributed by atoms with Crippen LogP contribution in [-0.4, -0.2) is 35.1 Å². The fraction of sp³-hybridized carbons (Fsp3) is 0.909. The lowest BCUT2D eigenvalue weighted by Crippen LogP contribution is -2.45. The Morgan fingerprint density at radius 3 is 2.00 bits per heavy atom. The average Bonchev–Trinajstić information content (AvgIpc) is 2.00. The second-order valence-electron chi connectivity index (χ2n) is 5.21. The third-order valence-electron chi connectivity index (χ3n) is 2.43. The molecule has 1 N–H and O–H groups in total. The SMILES string of the molecule is CCC(C)(C)C(=O)N(C)CC(C)(C)O. The molecule has 0 aliphatic heterocycles. The normalized spacial score (nSPS) is 12.8. The topological polar surface area (TPSA) is 40.5 Å². The highest BCUT2D eigenvalue weighted by Gasteiger charge is 2.30. The summed E-state index contributed by atoms with van der Waals surface area (Å²) in [6, 6.07) is 0. The molecule has 1 amide bonds. The number of rotatable bonds is 4. The highest BCUT2D eigenvalue weighted by atomic mass is 16.3. The van der Waals surface area contributed by atoms with E-state index in [2.05, 4.69) is 0 Å². The van der Waals surface area contributed by atoms with E-state index < -0.39 is 5.60 Å². The third kappa shape index (κ3) is 4.09. The van der Waals surface area contributed by atoms with Gasteiger partial charge in [-0.2, -0.15) is 0 Å². The molecule has 0 unspecified atom stereocenters. The van der Waals surface area contributed by atoms with Crippen LogP contribution in [0.15, 0.2) is 0 Å². The van der Waals surface area contributed by atoms with E-state index in [-0.39, 0.29) is 11.3 Å². The first-order valence-electron chi connectivity index (χ1n) is 5.08. The van der Waals surface area contributed by atoms with E-state index in [4.69, 9.17) is 0 Å². The van der Waals surface area contributed by atoms with E-state index in [0.717, 1.165) is 6.42 Å². The molecule has 0 radical (unpaired) electrons. The molecule has 0 aromatic carbocycles. The van der Waals surface area contributed by atoms with E-state index in [1.165, 1.54) is 0 Å². The Labute approximate surface area is 87.1 Å². The first-order chi connectivity index (χ1) is 6.10. The molecule has 0 aromatic rings. The Hall–Kier alpha value is -0.570. The zero-order chi connectivity index (χ0) is 11.6. The van der Waals surface area contributed by atoms with Crippen molar-refractivity contribution < 1.29 is 9.90 Å². The number of hydrogen-bond acceptors (Lipinski definition) is 2. The first kappa shape index (κ1) is 13.4. The molecule has 0 rings (SSSR count). The number of hydrogen-bond donors (Lipinski definition) is 1.